The topological polar surface area (TPSA) is 102 Å². The fourth-order valence-electron chi connectivity index (χ4n) is 5.28. The van der Waals surface area contributed by atoms with Gasteiger partial charge in [-0.25, -0.2) is 0 Å². The normalized spacial score (nSPS) is 19.6. The lowest BCUT2D eigenvalue weighted by Gasteiger charge is -2.17. The second kappa shape index (κ2) is 10.7. The molecule has 1 saturated heterocycles. The van der Waals surface area contributed by atoms with Crippen molar-refractivity contribution in [2.45, 2.75) is 38.0 Å². The second-order valence-corrected chi connectivity index (χ2v) is 10.3. The average Bonchev–Trinajstić information content (AvgIpc) is 3.56. The molecule has 1 aromatic heterocycles. The first-order chi connectivity index (χ1) is 19.0. The van der Waals surface area contributed by atoms with E-state index in [9.17, 15) is 32.7 Å². The molecule has 3 aromatic rings. The van der Waals surface area contributed by atoms with Crippen LogP contribution in [0.4, 0.5) is 13.2 Å². The van der Waals surface area contributed by atoms with Gasteiger partial charge in [-0.2, -0.15) is 23.0 Å². The Morgan fingerprint density at radius 2 is 1.90 bits per heavy atom. The molecule has 5 rings (SSSR count). The molecular weight excluding hydrogens is 551 g/mol. The Labute approximate surface area is 232 Å². The van der Waals surface area contributed by atoms with Gasteiger partial charge in [-0.1, -0.05) is 23.7 Å². The number of allylic oxidation sites excluding steroid dienone is 2. The van der Waals surface area contributed by atoms with E-state index in [1.807, 2.05) is 0 Å². The number of rotatable bonds is 5. The molecule has 1 aliphatic heterocycles. The molecule has 0 spiro atoms. The highest BCUT2D eigenvalue weighted by Crippen LogP contribution is 2.38. The Bertz CT molecular complexity index is 1550. The molecule has 1 fully saturated rings. The molecule has 2 aliphatic rings. The second-order valence-electron chi connectivity index (χ2n) is 9.89. The number of carbonyl (C=O) groups excluding carboxylic acids is 2. The summed E-state index contributed by atoms with van der Waals surface area (Å²) in [5.41, 5.74) is -0.564. The number of nitrogens with zero attached hydrogens (tertiary/aromatic N) is 3. The number of hydrogen-bond acceptors (Lipinski definition) is 5. The average molecular weight is 576 g/mol. The van der Waals surface area contributed by atoms with Crippen molar-refractivity contribution in [1.82, 2.24) is 14.7 Å². The Balaban J connectivity index is 1.64. The van der Waals surface area contributed by atoms with Gasteiger partial charge in [-0.05, 0) is 61.6 Å². The fourth-order valence-corrected chi connectivity index (χ4v) is 5.54. The molecule has 8 nitrogen and oxygen atoms in total. The molecule has 2 heterocycles. The lowest BCUT2D eigenvalue weighted by molar-refractivity contribution is -0.142. The van der Waals surface area contributed by atoms with E-state index in [1.54, 1.807) is 30.2 Å². The summed E-state index contributed by atoms with van der Waals surface area (Å²) in [4.78, 5) is 40.0. The molecule has 0 radical (unpaired) electrons. The molecule has 1 unspecified atom stereocenters. The lowest BCUT2D eigenvalue weighted by atomic mass is 9.87. The van der Waals surface area contributed by atoms with Crippen LogP contribution in [-0.2, 0) is 15.7 Å². The number of aliphatic carboxylic acids is 1. The Morgan fingerprint density at radius 3 is 2.52 bits per heavy atom. The largest absolute Gasteiger partial charge is 0.481 e. The first kappa shape index (κ1) is 27.9. The zero-order valence-corrected chi connectivity index (χ0v) is 22.1. The van der Waals surface area contributed by atoms with Crippen molar-refractivity contribution in [3.05, 3.63) is 69.9 Å². The zero-order valence-electron chi connectivity index (χ0n) is 21.4. The summed E-state index contributed by atoms with van der Waals surface area (Å²) < 4.78 is 47.8. The number of benzene rings is 2. The third-order valence-corrected chi connectivity index (χ3v) is 7.80. The number of alkyl halides is 3. The maximum Gasteiger partial charge on any atom is 0.417 e. The van der Waals surface area contributed by atoms with Gasteiger partial charge in [-0.15, -0.1) is 0 Å². The zero-order chi connectivity index (χ0) is 28.8. The molecule has 12 heteroatoms. The molecular formula is C28H25ClF3N3O5. The van der Waals surface area contributed by atoms with Crippen molar-refractivity contribution in [3.8, 4) is 0 Å². The first-order valence-electron chi connectivity index (χ1n) is 12.7. The first-order valence-corrected chi connectivity index (χ1v) is 13.0. The van der Waals surface area contributed by atoms with Gasteiger partial charge in [-0.3, -0.25) is 14.4 Å². The molecule has 210 valence electrons. The van der Waals surface area contributed by atoms with Crippen molar-refractivity contribution < 1.29 is 37.4 Å². The number of likely N-dealkylation sites (tertiary alicyclic amines) is 1. The van der Waals surface area contributed by atoms with E-state index in [-0.39, 0.29) is 34.5 Å². The molecule has 0 saturated carbocycles. The maximum absolute atomic E-state index is 13.9. The molecule has 0 bridgehead atoms. The SMILES string of the molecule is CO[C@H]1CCN(C(=O)c2ccc3c(C4=CCC(C(=O)O)CC4)nn(C(=O)c4c(Cl)cccc4C(F)(F)F)c3c2)C1. The molecule has 2 atom stereocenters. The molecule has 1 amide bonds. The predicted molar refractivity (Wildman–Crippen MR) is 140 cm³/mol. The molecule has 1 aliphatic carbocycles. The van der Waals surface area contributed by atoms with Crippen LogP contribution >= 0.6 is 11.6 Å². The van der Waals surface area contributed by atoms with Gasteiger partial charge in [0.1, 0.15) is 0 Å². The lowest BCUT2D eigenvalue weighted by Crippen LogP contribution is -2.30. The number of fused-ring (bicyclic) bond motifs is 1. The van der Waals surface area contributed by atoms with Crippen LogP contribution in [0.2, 0.25) is 5.02 Å². The van der Waals surface area contributed by atoms with Gasteiger partial charge < -0.3 is 14.7 Å². The van der Waals surface area contributed by atoms with Gasteiger partial charge in [0.2, 0.25) is 0 Å². The third kappa shape index (κ3) is 5.11. The monoisotopic (exact) mass is 575 g/mol. The molecule has 1 N–H and O–H groups in total. The summed E-state index contributed by atoms with van der Waals surface area (Å²) in [5.74, 6) is -2.88. The smallest absolute Gasteiger partial charge is 0.417 e. The summed E-state index contributed by atoms with van der Waals surface area (Å²) in [6.07, 6.45) is -1.61. The van der Waals surface area contributed by atoms with Crippen LogP contribution in [0, 0.1) is 5.92 Å². The van der Waals surface area contributed by atoms with Crippen LogP contribution in [0.1, 0.15) is 57.7 Å². The molecule has 2 aromatic carbocycles. The Morgan fingerprint density at radius 1 is 1.12 bits per heavy atom. The Hall–Kier alpha value is -3.70. The van der Waals surface area contributed by atoms with Gasteiger partial charge in [0, 0.05) is 31.1 Å². The number of hydrogen-bond donors (Lipinski definition) is 1. The summed E-state index contributed by atoms with van der Waals surface area (Å²) in [7, 11) is 1.57. The van der Waals surface area contributed by atoms with Crippen LogP contribution in [0.15, 0.2) is 42.5 Å². The number of aromatic nitrogens is 2. The van der Waals surface area contributed by atoms with E-state index in [1.165, 1.54) is 12.1 Å². The number of halogens is 4. The van der Waals surface area contributed by atoms with Gasteiger partial charge in [0.25, 0.3) is 11.8 Å². The number of methoxy groups -OCH3 is 1. The van der Waals surface area contributed by atoms with E-state index in [0.29, 0.717) is 49.0 Å². The summed E-state index contributed by atoms with van der Waals surface area (Å²) in [5, 5.41) is 13.8. The minimum absolute atomic E-state index is 0.0970. The van der Waals surface area contributed by atoms with Crippen LogP contribution in [-0.4, -0.2) is 63.9 Å². The van der Waals surface area contributed by atoms with E-state index in [0.717, 1.165) is 16.8 Å². The van der Waals surface area contributed by atoms with Crippen molar-refractivity contribution in [1.29, 1.82) is 0 Å². The van der Waals surface area contributed by atoms with Crippen LogP contribution in [0.25, 0.3) is 16.5 Å². The minimum Gasteiger partial charge on any atom is -0.481 e. The van der Waals surface area contributed by atoms with E-state index in [2.05, 4.69) is 5.10 Å². The van der Waals surface area contributed by atoms with Crippen LogP contribution in [0.5, 0.6) is 0 Å². The van der Waals surface area contributed by atoms with Crippen LogP contribution in [0.3, 0.4) is 0 Å². The van der Waals surface area contributed by atoms with E-state index >= 15 is 0 Å². The minimum atomic E-state index is -4.85. The van der Waals surface area contributed by atoms with Crippen LogP contribution < -0.4 is 0 Å². The standard InChI is InChI=1S/C28H25ClF3N3O5/c1-40-18-11-12-34(14-18)25(36)17-9-10-19-22(13-17)35(33-24(19)15-5-7-16(8-6-15)27(38)39)26(37)23-20(28(30,31)32)3-2-4-21(23)29/h2-5,9-10,13,16,18H,6-8,11-12,14H2,1H3,(H,38,39)/t16?,18-/m0/s1. The van der Waals surface area contributed by atoms with Gasteiger partial charge in [0.15, 0.2) is 0 Å². The van der Waals surface area contributed by atoms with E-state index < -0.39 is 35.1 Å². The number of ether oxygens (including phenoxy) is 1. The fraction of sp³-hybridized carbons (Fsp3) is 0.357. The highest BCUT2D eigenvalue weighted by atomic mass is 35.5. The highest BCUT2D eigenvalue weighted by molar-refractivity contribution is 6.34. The van der Waals surface area contributed by atoms with Crippen molar-refractivity contribution >= 4 is 45.9 Å². The van der Waals surface area contributed by atoms with Gasteiger partial charge in [0.05, 0.1) is 39.4 Å². The van der Waals surface area contributed by atoms with Crippen molar-refractivity contribution in [2.24, 2.45) is 5.92 Å². The predicted octanol–water partition coefficient (Wildman–Crippen LogP) is 5.53. The highest BCUT2D eigenvalue weighted by Gasteiger charge is 2.38. The number of amides is 1. The maximum atomic E-state index is 13.9. The quantitative estimate of drug-likeness (QED) is 0.429. The summed E-state index contributed by atoms with van der Waals surface area (Å²) >= 11 is 6.13. The van der Waals surface area contributed by atoms with Crippen molar-refractivity contribution in [3.63, 3.8) is 0 Å². The third-order valence-electron chi connectivity index (χ3n) is 7.48. The molecule has 40 heavy (non-hydrogen) atoms. The number of carboxylic acid groups (broad SMARTS) is 1. The van der Waals surface area contributed by atoms with Gasteiger partial charge >= 0.3 is 12.1 Å². The summed E-state index contributed by atoms with van der Waals surface area (Å²) in [6.45, 7) is 0.869. The van der Waals surface area contributed by atoms with Crippen molar-refractivity contribution in [2.75, 3.05) is 20.2 Å². The number of carboxylic acids is 1. The summed E-state index contributed by atoms with van der Waals surface area (Å²) in [6, 6.07) is 7.72. The Kier molecular flexibility index (Phi) is 7.45. The van der Waals surface area contributed by atoms with E-state index in [4.69, 9.17) is 16.3 Å². The number of carbonyl (C=O) groups is 3.